The highest BCUT2D eigenvalue weighted by molar-refractivity contribution is 6.40. The topological polar surface area (TPSA) is 113 Å². The predicted octanol–water partition coefficient (Wildman–Crippen LogP) is 3.58. The Morgan fingerprint density at radius 3 is 2.37 bits per heavy atom. The van der Waals surface area contributed by atoms with Gasteiger partial charge in [-0.1, -0.05) is 23.7 Å². The molecule has 0 aliphatic rings. The second-order valence-corrected chi connectivity index (χ2v) is 6.54. The van der Waals surface area contributed by atoms with Crippen LogP contribution in [0.5, 0.6) is 0 Å². The predicted molar refractivity (Wildman–Crippen MR) is 114 cm³/mol. The normalized spacial score (nSPS) is 10.6. The van der Waals surface area contributed by atoms with Crippen molar-refractivity contribution in [3.05, 3.63) is 82.8 Å². The van der Waals surface area contributed by atoms with Gasteiger partial charge < -0.3 is 15.1 Å². The Morgan fingerprint density at radius 1 is 0.933 bits per heavy atom. The summed E-state index contributed by atoms with van der Waals surface area (Å²) >= 11 is 5.84. The number of rotatable bonds is 5. The molecule has 3 rings (SSSR count). The molecule has 8 nitrogen and oxygen atoms in total. The smallest absolute Gasteiger partial charge is 0.329 e. The first-order chi connectivity index (χ1) is 14.4. The molecule has 0 saturated carbocycles. The van der Waals surface area contributed by atoms with Crippen LogP contribution in [0.2, 0.25) is 5.02 Å². The maximum atomic E-state index is 12.6. The zero-order chi connectivity index (χ0) is 21.5. The summed E-state index contributed by atoms with van der Waals surface area (Å²) in [6.45, 7) is 1.77. The second kappa shape index (κ2) is 9.53. The van der Waals surface area contributed by atoms with Gasteiger partial charge in [-0.05, 0) is 55.5 Å². The molecule has 3 amide bonds. The monoisotopic (exact) mass is 424 g/mol. The number of benzene rings is 2. The molecule has 152 valence electrons. The standard InChI is InChI=1S/C21H17ClN4O4/c1-13-6-11-16(30-13)12-23-26-21(29)20(28)25-18-5-3-2-4-17(18)19(27)24-15-9-7-14(22)8-10-15/h2-12H,1H3,(H,24,27)(H,25,28)(H,26,29). The zero-order valence-electron chi connectivity index (χ0n) is 15.8. The molecule has 2 aromatic carbocycles. The average molecular weight is 425 g/mol. The molecule has 1 aromatic heterocycles. The van der Waals surface area contributed by atoms with E-state index in [1.165, 1.54) is 18.3 Å². The van der Waals surface area contributed by atoms with Crippen LogP contribution in [-0.2, 0) is 9.59 Å². The molecule has 0 aliphatic heterocycles. The maximum Gasteiger partial charge on any atom is 0.329 e. The van der Waals surface area contributed by atoms with Crippen LogP contribution in [0.1, 0.15) is 21.9 Å². The van der Waals surface area contributed by atoms with Gasteiger partial charge in [0.25, 0.3) is 5.91 Å². The molecule has 0 radical (unpaired) electrons. The Balaban J connectivity index is 1.63. The second-order valence-electron chi connectivity index (χ2n) is 6.11. The molecule has 0 saturated heterocycles. The van der Waals surface area contributed by atoms with Crippen LogP contribution in [-0.4, -0.2) is 23.9 Å². The van der Waals surface area contributed by atoms with E-state index in [4.69, 9.17) is 16.0 Å². The summed E-state index contributed by atoms with van der Waals surface area (Å²) < 4.78 is 5.27. The van der Waals surface area contributed by atoms with Crippen LogP contribution in [0.15, 0.2) is 70.2 Å². The lowest BCUT2D eigenvalue weighted by Crippen LogP contribution is -2.33. The van der Waals surface area contributed by atoms with Crippen molar-refractivity contribution in [3.8, 4) is 0 Å². The molecule has 30 heavy (non-hydrogen) atoms. The number of hydrazone groups is 1. The van der Waals surface area contributed by atoms with Crippen LogP contribution in [0.25, 0.3) is 0 Å². The van der Waals surface area contributed by atoms with Gasteiger partial charge >= 0.3 is 11.8 Å². The van der Waals surface area contributed by atoms with Crippen molar-refractivity contribution in [3.63, 3.8) is 0 Å². The SMILES string of the molecule is Cc1ccc(C=NNC(=O)C(=O)Nc2ccccc2C(=O)Nc2ccc(Cl)cc2)o1. The summed E-state index contributed by atoms with van der Waals surface area (Å²) in [5.74, 6) is -1.32. The number of para-hydroxylation sites is 1. The van der Waals surface area contributed by atoms with Crippen molar-refractivity contribution in [1.29, 1.82) is 0 Å². The molecule has 0 fully saturated rings. The Bertz CT molecular complexity index is 1110. The minimum Gasteiger partial charge on any atom is -0.460 e. The quantitative estimate of drug-likeness (QED) is 0.330. The number of aryl methyl sites for hydroxylation is 1. The molecule has 9 heteroatoms. The van der Waals surface area contributed by atoms with Crippen molar-refractivity contribution >= 4 is 46.9 Å². The summed E-state index contributed by atoms with van der Waals surface area (Å²) in [5, 5.41) is 9.32. The van der Waals surface area contributed by atoms with Crippen molar-refractivity contribution in [1.82, 2.24) is 5.43 Å². The highest BCUT2D eigenvalue weighted by Gasteiger charge is 2.17. The van der Waals surface area contributed by atoms with Gasteiger partial charge in [-0.2, -0.15) is 5.10 Å². The number of amides is 3. The van der Waals surface area contributed by atoms with Crippen molar-refractivity contribution < 1.29 is 18.8 Å². The summed E-state index contributed by atoms with van der Waals surface area (Å²) in [6.07, 6.45) is 1.27. The molecular formula is C21H17ClN4O4. The third-order valence-corrected chi connectivity index (χ3v) is 4.10. The number of carbonyl (C=O) groups is 3. The molecule has 3 aromatic rings. The number of carbonyl (C=O) groups excluding carboxylic acids is 3. The molecule has 0 atom stereocenters. The summed E-state index contributed by atoms with van der Waals surface area (Å²) in [6, 6.07) is 16.3. The van der Waals surface area contributed by atoms with E-state index in [1.54, 1.807) is 55.5 Å². The number of nitrogens with zero attached hydrogens (tertiary/aromatic N) is 1. The van der Waals surface area contributed by atoms with Crippen molar-refractivity contribution in [2.24, 2.45) is 5.10 Å². The Kier molecular flexibility index (Phi) is 6.61. The first-order valence-corrected chi connectivity index (χ1v) is 9.17. The van der Waals surface area contributed by atoms with E-state index in [0.717, 1.165) is 0 Å². The highest BCUT2D eigenvalue weighted by atomic mass is 35.5. The van der Waals surface area contributed by atoms with E-state index in [2.05, 4.69) is 21.2 Å². The molecule has 3 N–H and O–H groups in total. The van der Waals surface area contributed by atoms with Gasteiger partial charge in [-0.25, -0.2) is 5.43 Å². The van der Waals surface area contributed by atoms with Crippen molar-refractivity contribution in [2.75, 3.05) is 10.6 Å². The number of anilines is 2. The number of halogens is 1. The lowest BCUT2D eigenvalue weighted by Gasteiger charge is -2.11. The molecule has 0 aliphatic carbocycles. The maximum absolute atomic E-state index is 12.6. The Labute approximate surface area is 176 Å². The van der Waals surface area contributed by atoms with E-state index in [-0.39, 0.29) is 11.3 Å². The zero-order valence-corrected chi connectivity index (χ0v) is 16.6. The average Bonchev–Trinajstić information content (AvgIpc) is 3.15. The van der Waals surface area contributed by atoms with E-state index in [9.17, 15) is 14.4 Å². The molecular weight excluding hydrogens is 408 g/mol. The van der Waals surface area contributed by atoms with Crippen LogP contribution in [0.3, 0.4) is 0 Å². The minimum absolute atomic E-state index is 0.176. The summed E-state index contributed by atoms with van der Waals surface area (Å²) in [4.78, 5) is 36.7. The molecule has 0 spiro atoms. The molecule has 0 bridgehead atoms. The van der Waals surface area contributed by atoms with E-state index in [1.807, 2.05) is 0 Å². The summed E-state index contributed by atoms with van der Waals surface area (Å²) in [5.41, 5.74) is 2.99. The Morgan fingerprint density at radius 2 is 1.67 bits per heavy atom. The fourth-order valence-corrected chi connectivity index (χ4v) is 2.55. The van der Waals surface area contributed by atoms with Gasteiger partial charge in [0.15, 0.2) is 0 Å². The van der Waals surface area contributed by atoms with E-state index >= 15 is 0 Å². The molecule has 1 heterocycles. The lowest BCUT2D eigenvalue weighted by molar-refractivity contribution is -0.136. The Hall–Kier alpha value is -3.91. The third-order valence-electron chi connectivity index (χ3n) is 3.85. The van der Waals surface area contributed by atoms with Crippen LogP contribution < -0.4 is 16.1 Å². The highest BCUT2D eigenvalue weighted by Crippen LogP contribution is 2.19. The minimum atomic E-state index is -0.998. The van der Waals surface area contributed by atoms with Gasteiger partial charge in [0.2, 0.25) is 0 Å². The first-order valence-electron chi connectivity index (χ1n) is 8.79. The van der Waals surface area contributed by atoms with Gasteiger partial charge in [0.05, 0.1) is 17.5 Å². The lowest BCUT2D eigenvalue weighted by atomic mass is 10.1. The van der Waals surface area contributed by atoms with Gasteiger partial charge in [0, 0.05) is 10.7 Å². The van der Waals surface area contributed by atoms with Crippen LogP contribution >= 0.6 is 11.6 Å². The van der Waals surface area contributed by atoms with Crippen molar-refractivity contribution in [2.45, 2.75) is 6.92 Å². The number of hydrogen-bond acceptors (Lipinski definition) is 5. The number of nitrogens with one attached hydrogen (secondary N) is 3. The fourth-order valence-electron chi connectivity index (χ4n) is 2.43. The van der Waals surface area contributed by atoms with E-state index in [0.29, 0.717) is 22.2 Å². The van der Waals surface area contributed by atoms with Gasteiger partial charge in [0.1, 0.15) is 11.5 Å². The van der Waals surface area contributed by atoms with E-state index < -0.39 is 17.7 Å². The first kappa shape index (κ1) is 20.8. The van der Waals surface area contributed by atoms with Gasteiger partial charge in [-0.15, -0.1) is 0 Å². The largest absolute Gasteiger partial charge is 0.460 e. The molecule has 0 unspecified atom stereocenters. The number of furan rings is 1. The van der Waals surface area contributed by atoms with Gasteiger partial charge in [-0.3, -0.25) is 14.4 Å². The number of hydrogen-bond donors (Lipinski definition) is 3. The van der Waals surface area contributed by atoms with Crippen LogP contribution in [0.4, 0.5) is 11.4 Å². The summed E-state index contributed by atoms with van der Waals surface area (Å²) in [7, 11) is 0. The fraction of sp³-hybridized carbons (Fsp3) is 0.0476. The van der Waals surface area contributed by atoms with Crippen LogP contribution in [0, 0.1) is 6.92 Å². The third kappa shape index (κ3) is 5.55.